The number of halogens is 2. The number of nitrogens with zero attached hydrogens (tertiary/aromatic N) is 1. The van der Waals surface area contributed by atoms with E-state index < -0.39 is 0 Å². The molecule has 0 saturated heterocycles. The van der Waals surface area contributed by atoms with Crippen LogP contribution in [0.5, 0.6) is 0 Å². The van der Waals surface area contributed by atoms with Crippen LogP contribution < -0.4 is 10.6 Å². The van der Waals surface area contributed by atoms with Crippen molar-refractivity contribution < 1.29 is 4.79 Å². The van der Waals surface area contributed by atoms with Crippen LogP contribution >= 0.6 is 23.2 Å². The van der Waals surface area contributed by atoms with Crippen LogP contribution in [0.1, 0.15) is 21.5 Å². The van der Waals surface area contributed by atoms with Gasteiger partial charge in [-0.25, -0.2) is 0 Å². The lowest BCUT2D eigenvalue weighted by Crippen LogP contribution is -2.13. The Labute approximate surface area is 162 Å². The highest BCUT2D eigenvalue weighted by Crippen LogP contribution is 2.21. The number of rotatable bonds is 5. The molecule has 0 aliphatic carbocycles. The van der Waals surface area contributed by atoms with Gasteiger partial charge in [0.25, 0.3) is 5.91 Å². The molecule has 1 amide bonds. The molecule has 2 N–H and O–H groups in total. The summed E-state index contributed by atoms with van der Waals surface area (Å²) in [5.41, 5.74) is 3.77. The fourth-order valence-corrected chi connectivity index (χ4v) is 2.80. The number of nitrogens with one attached hydrogen (secondary N) is 2. The van der Waals surface area contributed by atoms with Gasteiger partial charge in [0.15, 0.2) is 0 Å². The second-order valence-corrected chi connectivity index (χ2v) is 6.66. The molecule has 1 heterocycles. The number of anilines is 2. The molecule has 0 spiro atoms. The minimum absolute atomic E-state index is 0.246. The topological polar surface area (TPSA) is 54.0 Å². The first kappa shape index (κ1) is 18.2. The fraction of sp³-hybridized carbons (Fsp3) is 0.100. The summed E-state index contributed by atoms with van der Waals surface area (Å²) in [6.45, 7) is 2.45. The van der Waals surface area contributed by atoms with Gasteiger partial charge in [0.05, 0.1) is 11.3 Å². The summed E-state index contributed by atoms with van der Waals surface area (Å²) >= 11 is 12.2. The highest BCUT2D eigenvalue weighted by Gasteiger charge is 2.10. The third-order valence-electron chi connectivity index (χ3n) is 3.89. The molecule has 6 heteroatoms. The summed E-state index contributed by atoms with van der Waals surface area (Å²) in [6.07, 6.45) is 3.19. The Balaban J connectivity index is 1.71. The van der Waals surface area contributed by atoms with Crippen molar-refractivity contribution in [1.82, 2.24) is 4.98 Å². The number of carbonyl (C=O) groups excluding carboxylic acids is 1. The third kappa shape index (κ3) is 4.54. The number of pyridine rings is 1. The van der Waals surface area contributed by atoms with E-state index in [2.05, 4.69) is 15.6 Å². The van der Waals surface area contributed by atoms with Gasteiger partial charge in [-0.05, 0) is 42.3 Å². The molecule has 0 fully saturated rings. The average Bonchev–Trinajstić information content (AvgIpc) is 2.64. The van der Waals surface area contributed by atoms with Crippen molar-refractivity contribution >= 4 is 40.5 Å². The molecule has 0 bridgehead atoms. The molecule has 0 atom stereocenters. The van der Waals surface area contributed by atoms with Crippen LogP contribution in [0.4, 0.5) is 11.4 Å². The van der Waals surface area contributed by atoms with E-state index >= 15 is 0 Å². The van der Waals surface area contributed by atoms with Gasteiger partial charge >= 0.3 is 0 Å². The zero-order chi connectivity index (χ0) is 18.5. The first-order chi connectivity index (χ1) is 12.5. The van der Waals surface area contributed by atoms with Crippen LogP contribution in [0, 0.1) is 6.92 Å². The molecule has 3 aromatic rings. The Morgan fingerprint density at radius 1 is 1.08 bits per heavy atom. The third-order valence-corrected chi connectivity index (χ3v) is 4.49. The Morgan fingerprint density at radius 2 is 1.88 bits per heavy atom. The summed E-state index contributed by atoms with van der Waals surface area (Å²) in [5.74, 6) is -0.246. The molecule has 1 aromatic heterocycles. The zero-order valence-electron chi connectivity index (χ0n) is 14.1. The van der Waals surface area contributed by atoms with Crippen molar-refractivity contribution in [3.05, 3.63) is 87.7 Å². The molecule has 0 radical (unpaired) electrons. The number of carbonyl (C=O) groups is 1. The van der Waals surface area contributed by atoms with Gasteiger partial charge < -0.3 is 10.6 Å². The van der Waals surface area contributed by atoms with E-state index in [9.17, 15) is 4.79 Å². The number of aromatic nitrogens is 1. The number of aryl methyl sites for hydroxylation is 1. The van der Waals surface area contributed by atoms with Gasteiger partial charge in [0.2, 0.25) is 0 Å². The van der Waals surface area contributed by atoms with E-state index in [1.165, 1.54) is 6.20 Å². The van der Waals surface area contributed by atoms with Gasteiger partial charge in [0.1, 0.15) is 0 Å². The van der Waals surface area contributed by atoms with E-state index in [4.69, 9.17) is 23.2 Å². The molecule has 132 valence electrons. The molecule has 0 saturated carbocycles. The second-order valence-electron chi connectivity index (χ2n) is 5.82. The Bertz CT molecular complexity index is 944. The molecule has 2 aromatic carbocycles. The highest BCUT2D eigenvalue weighted by atomic mass is 35.5. The van der Waals surface area contributed by atoms with Crippen molar-refractivity contribution in [2.24, 2.45) is 0 Å². The minimum atomic E-state index is -0.246. The average molecular weight is 386 g/mol. The van der Waals surface area contributed by atoms with Crippen LogP contribution in [0.15, 0.2) is 60.9 Å². The molecule has 3 rings (SSSR count). The lowest BCUT2D eigenvalue weighted by Gasteiger charge is -2.11. The predicted octanol–water partition coefficient (Wildman–Crippen LogP) is 5.56. The lowest BCUT2D eigenvalue weighted by atomic mass is 10.2. The largest absolute Gasteiger partial charge is 0.380 e. The van der Waals surface area contributed by atoms with Gasteiger partial charge in [-0.2, -0.15) is 0 Å². The first-order valence-electron chi connectivity index (χ1n) is 8.03. The van der Waals surface area contributed by atoms with Crippen molar-refractivity contribution in [3.8, 4) is 0 Å². The smallest absolute Gasteiger partial charge is 0.257 e. The molecule has 4 nitrogen and oxygen atoms in total. The van der Waals surface area contributed by atoms with Gasteiger partial charge in [-0.3, -0.25) is 9.78 Å². The summed E-state index contributed by atoms with van der Waals surface area (Å²) in [4.78, 5) is 16.7. The lowest BCUT2D eigenvalue weighted by molar-refractivity contribution is 0.102. The Hall–Kier alpha value is -2.56. The maximum Gasteiger partial charge on any atom is 0.257 e. The maximum absolute atomic E-state index is 12.5. The minimum Gasteiger partial charge on any atom is -0.380 e. The van der Waals surface area contributed by atoms with Crippen LogP contribution in [0.2, 0.25) is 10.0 Å². The highest BCUT2D eigenvalue weighted by molar-refractivity contribution is 6.31. The number of hydrogen-bond acceptors (Lipinski definition) is 3. The van der Waals surface area contributed by atoms with Crippen LogP contribution in [0.3, 0.4) is 0 Å². The van der Waals surface area contributed by atoms with Gasteiger partial charge in [-0.15, -0.1) is 0 Å². The molecule has 0 aliphatic rings. The molecule has 26 heavy (non-hydrogen) atoms. The van der Waals surface area contributed by atoms with Gasteiger partial charge in [0, 0.05) is 34.7 Å². The van der Waals surface area contributed by atoms with Crippen LogP contribution in [-0.2, 0) is 6.54 Å². The fourth-order valence-electron chi connectivity index (χ4n) is 2.42. The van der Waals surface area contributed by atoms with Crippen molar-refractivity contribution in [1.29, 1.82) is 0 Å². The second kappa shape index (κ2) is 8.21. The van der Waals surface area contributed by atoms with Crippen LogP contribution in [-0.4, -0.2) is 10.9 Å². The van der Waals surface area contributed by atoms with Crippen molar-refractivity contribution in [2.45, 2.75) is 13.5 Å². The normalized spacial score (nSPS) is 10.4. The van der Waals surface area contributed by atoms with Gasteiger partial charge in [-0.1, -0.05) is 47.5 Å². The molecule has 0 unspecified atom stereocenters. The summed E-state index contributed by atoms with van der Waals surface area (Å²) in [5, 5.41) is 7.36. The standard InChI is InChI=1S/C20H17Cl2N3O/c1-13-6-7-16(21)9-19(13)25-20(26)15-8-17(12-23-10-15)24-11-14-4-2-3-5-18(14)22/h2-10,12,24H,11H2,1H3,(H,25,26). The zero-order valence-corrected chi connectivity index (χ0v) is 15.6. The van der Waals surface area contributed by atoms with E-state index in [-0.39, 0.29) is 5.91 Å². The number of amides is 1. The summed E-state index contributed by atoms with van der Waals surface area (Å²) in [7, 11) is 0. The van der Waals surface area contributed by atoms with Crippen LogP contribution in [0.25, 0.3) is 0 Å². The number of benzene rings is 2. The SMILES string of the molecule is Cc1ccc(Cl)cc1NC(=O)c1cncc(NCc2ccccc2Cl)c1. The van der Waals surface area contributed by atoms with E-state index in [0.717, 1.165) is 16.8 Å². The summed E-state index contributed by atoms with van der Waals surface area (Å²) in [6, 6.07) is 14.7. The molecule has 0 aliphatic heterocycles. The maximum atomic E-state index is 12.5. The predicted molar refractivity (Wildman–Crippen MR) is 107 cm³/mol. The van der Waals surface area contributed by atoms with E-state index in [1.807, 2.05) is 37.3 Å². The Kier molecular flexibility index (Phi) is 5.76. The monoisotopic (exact) mass is 385 g/mol. The number of hydrogen-bond donors (Lipinski definition) is 2. The first-order valence-corrected chi connectivity index (χ1v) is 8.78. The molecular formula is C20H17Cl2N3O. The van der Waals surface area contributed by atoms with E-state index in [0.29, 0.717) is 27.8 Å². The Morgan fingerprint density at radius 3 is 2.69 bits per heavy atom. The van der Waals surface area contributed by atoms with Crippen molar-refractivity contribution in [2.75, 3.05) is 10.6 Å². The quantitative estimate of drug-likeness (QED) is 0.604. The summed E-state index contributed by atoms with van der Waals surface area (Å²) < 4.78 is 0. The molecular weight excluding hydrogens is 369 g/mol. The van der Waals surface area contributed by atoms with Crippen molar-refractivity contribution in [3.63, 3.8) is 0 Å². The van der Waals surface area contributed by atoms with E-state index in [1.54, 1.807) is 24.4 Å².